The van der Waals surface area contributed by atoms with Crippen LogP contribution in [0.25, 0.3) is 0 Å². The van der Waals surface area contributed by atoms with Gasteiger partial charge in [-0.15, -0.1) is 11.6 Å². The lowest BCUT2D eigenvalue weighted by atomic mass is 9.80. The van der Waals surface area contributed by atoms with E-state index >= 15 is 0 Å². The minimum Gasteiger partial charge on any atom is -0.472 e. The molecule has 1 aromatic rings. The summed E-state index contributed by atoms with van der Waals surface area (Å²) in [5.74, 6) is 0. The van der Waals surface area contributed by atoms with Gasteiger partial charge in [0.25, 0.3) is 0 Å². The smallest absolute Gasteiger partial charge is 0.0942 e. The Morgan fingerprint density at radius 3 is 2.46 bits per heavy atom. The Hall–Kier alpha value is -0.430. The van der Waals surface area contributed by atoms with E-state index in [1.807, 2.05) is 13.2 Å². The molecule has 0 radical (unpaired) electrons. The van der Waals surface area contributed by atoms with E-state index in [1.54, 1.807) is 6.26 Å². The van der Waals surface area contributed by atoms with Gasteiger partial charge in [-0.1, -0.05) is 13.8 Å². The lowest BCUT2D eigenvalue weighted by Crippen LogP contribution is -2.21. The molecule has 0 N–H and O–H groups in total. The van der Waals surface area contributed by atoms with E-state index in [2.05, 4.69) is 20.8 Å². The zero-order valence-electron chi connectivity index (χ0n) is 8.73. The van der Waals surface area contributed by atoms with Crippen molar-refractivity contribution in [2.24, 2.45) is 0 Å². The van der Waals surface area contributed by atoms with Crippen molar-refractivity contribution in [3.05, 3.63) is 23.7 Å². The van der Waals surface area contributed by atoms with Crippen molar-refractivity contribution in [1.82, 2.24) is 0 Å². The fraction of sp³-hybridized carbons (Fsp3) is 0.636. The largest absolute Gasteiger partial charge is 0.472 e. The van der Waals surface area contributed by atoms with E-state index in [9.17, 15) is 0 Å². The predicted molar refractivity (Wildman–Crippen MR) is 56.4 cm³/mol. The van der Waals surface area contributed by atoms with E-state index in [4.69, 9.17) is 16.0 Å². The van der Waals surface area contributed by atoms with Gasteiger partial charge in [-0.25, -0.2) is 0 Å². The lowest BCUT2D eigenvalue weighted by molar-refractivity contribution is 0.465. The van der Waals surface area contributed by atoms with E-state index < -0.39 is 0 Å². The molecule has 0 aromatic carbocycles. The lowest BCUT2D eigenvalue weighted by Gasteiger charge is -2.25. The van der Waals surface area contributed by atoms with Gasteiger partial charge >= 0.3 is 0 Å². The van der Waals surface area contributed by atoms with Crippen molar-refractivity contribution in [3.8, 4) is 0 Å². The highest BCUT2D eigenvalue weighted by Gasteiger charge is 2.25. The third-order valence-electron chi connectivity index (χ3n) is 2.38. The molecular formula is C11H17ClO. The van der Waals surface area contributed by atoms with Gasteiger partial charge in [0.15, 0.2) is 0 Å². The predicted octanol–water partition coefficient (Wildman–Crippen LogP) is 3.88. The summed E-state index contributed by atoms with van der Waals surface area (Å²) in [4.78, 5) is 0. The molecule has 1 heterocycles. The minimum atomic E-state index is 0.109. The molecule has 1 unspecified atom stereocenters. The molecule has 0 aliphatic rings. The minimum absolute atomic E-state index is 0.109. The summed E-state index contributed by atoms with van der Waals surface area (Å²) in [7, 11) is 0. The maximum Gasteiger partial charge on any atom is 0.0942 e. The maximum absolute atomic E-state index is 6.00. The van der Waals surface area contributed by atoms with E-state index in [-0.39, 0.29) is 10.8 Å². The fourth-order valence-electron chi connectivity index (χ4n) is 1.87. The summed E-state index contributed by atoms with van der Waals surface area (Å²) in [5.41, 5.74) is 2.58. The van der Waals surface area contributed by atoms with Crippen molar-refractivity contribution in [1.29, 1.82) is 0 Å². The van der Waals surface area contributed by atoms with Crippen LogP contribution in [-0.4, -0.2) is 5.38 Å². The van der Waals surface area contributed by atoms with Gasteiger partial charge in [0.1, 0.15) is 0 Å². The third-order valence-corrected chi connectivity index (χ3v) is 2.53. The molecule has 1 aromatic heterocycles. The van der Waals surface area contributed by atoms with Crippen LogP contribution in [0.5, 0.6) is 0 Å². The molecule has 74 valence electrons. The Bertz CT molecular complexity index is 273. The van der Waals surface area contributed by atoms with Gasteiger partial charge in [0.05, 0.1) is 12.5 Å². The molecule has 0 aliphatic carbocycles. The molecular weight excluding hydrogens is 184 g/mol. The zero-order valence-corrected chi connectivity index (χ0v) is 9.48. The van der Waals surface area contributed by atoms with E-state index in [0.717, 1.165) is 6.42 Å². The normalized spacial score (nSPS) is 14.5. The van der Waals surface area contributed by atoms with Crippen LogP contribution in [0.4, 0.5) is 0 Å². The van der Waals surface area contributed by atoms with E-state index in [0.29, 0.717) is 0 Å². The zero-order chi connectivity index (χ0) is 10.1. The average molecular weight is 201 g/mol. The van der Waals surface area contributed by atoms with Crippen LogP contribution in [0, 0.1) is 6.92 Å². The molecule has 0 spiro atoms. The fourth-order valence-corrected chi connectivity index (χ4v) is 2.25. The summed E-state index contributed by atoms with van der Waals surface area (Å²) >= 11 is 6.00. The van der Waals surface area contributed by atoms with Crippen LogP contribution >= 0.6 is 11.6 Å². The Morgan fingerprint density at radius 1 is 1.46 bits per heavy atom. The molecule has 1 atom stereocenters. The highest BCUT2D eigenvalue weighted by atomic mass is 35.5. The summed E-state index contributed by atoms with van der Waals surface area (Å²) < 4.78 is 5.17. The number of hydrogen-bond donors (Lipinski definition) is 0. The van der Waals surface area contributed by atoms with Crippen LogP contribution in [0.1, 0.15) is 38.3 Å². The molecule has 2 heteroatoms. The van der Waals surface area contributed by atoms with Crippen LogP contribution < -0.4 is 0 Å². The van der Waals surface area contributed by atoms with Crippen molar-refractivity contribution >= 4 is 11.6 Å². The standard InChI is InChI=1S/C11H17ClO/c1-8-6-13-7-10(8)11(3,4)5-9(2)12/h6-7,9H,5H2,1-4H3. The Morgan fingerprint density at radius 2 is 2.08 bits per heavy atom. The molecule has 13 heavy (non-hydrogen) atoms. The van der Waals surface area contributed by atoms with E-state index in [1.165, 1.54) is 11.1 Å². The second kappa shape index (κ2) is 3.75. The molecule has 1 nitrogen and oxygen atoms in total. The number of hydrogen-bond acceptors (Lipinski definition) is 1. The summed E-state index contributed by atoms with van der Waals surface area (Å²) in [6, 6.07) is 0. The molecule has 0 saturated heterocycles. The monoisotopic (exact) mass is 200 g/mol. The number of halogens is 1. The Labute approximate surface area is 85.1 Å². The van der Waals surface area contributed by atoms with Gasteiger partial charge in [0, 0.05) is 5.38 Å². The first kappa shape index (κ1) is 10.6. The first-order valence-corrected chi connectivity index (χ1v) is 5.04. The van der Waals surface area contributed by atoms with Crippen LogP contribution in [-0.2, 0) is 5.41 Å². The van der Waals surface area contributed by atoms with Crippen molar-refractivity contribution in [2.45, 2.75) is 44.9 Å². The molecule has 0 amide bonds. The molecule has 0 saturated carbocycles. The molecule has 0 aliphatic heterocycles. The number of aryl methyl sites for hydroxylation is 1. The highest BCUT2D eigenvalue weighted by Crippen LogP contribution is 2.32. The van der Waals surface area contributed by atoms with Crippen LogP contribution in [0.15, 0.2) is 16.9 Å². The third kappa shape index (κ3) is 2.50. The first-order chi connectivity index (χ1) is 5.93. The van der Waals surface area contributed by atoms with Crippen LogP contribution in [0.3, 0.4) is 0 Å². The van der Waals surface area contributed by atoms with Crippen molar-refractivity contribution in [2.75, 3.05) is 0 Å². The number of alkyl halides is 1. The van der Waals surface area contributed by atoms with Gasteiger partial charge in [-0.2, -0.15) is 0 Å². The molecule has 1 rings (SSSR count). The maximum atomic E-state index is 6.00. The van der Waals surface area contributed by atoms with Crippen molar-refractivity contribution < 1.29 is 4.42 Å². The SMILES string of the molecule is Cc1cocc1C(C)(C)CC(C)Cl. The Balaban J connectivity index is 2.87. The molecule has 0 bridgehead atoms. The molecule has 0 fully saturated rings. The number of rotatable bonds is 3. The van der Waals surface area contributed by atoms with Crippen LogP contribution in [0.2, 0.25) is 0 Å². The first-order valence-electron chi connectivity index (χ1n) is 4.61. The summed E-state index contributed by atoms with van der Waals surface area (Å²) in [6.45, 7) is 8.49. The van der Waals surface area contributed by atoms with Gasteiger partial charge < -0.3 is 4.42 Å². The van der Waals surface area contributed by atoms with Gasteiger partial charge in [0.2, 0.25) is 0 Å². The highest BCUT2D eigenvalue weighted by molar-refractivity contribution is 6.20. The number of furan rings is 1. The van der Waals surface area contributed by atoms with Gasteiger partial charge in [-0.05, 0) is 36.8 Å². The second-order valence-electron chi connectivity index (χ2n) is 4.34. The Kier molecular flexibility index (Phi) is 3.07. The topological polar surface area (TPSA) is 13.1 Å². The average Bonchev–Trinajstić information content (AvgIpc) is 2.32. The quantitative estimate of drug-likeness (QED) is 0.675. The van der Waals surface area contributed by atoms with Gasteiger partial charge in [-0.3, -0.25) is 0 Å². The second-order valence-corrected chi connectivity index (χ2v) is 5.08. The summed E-state index contributed by atoms with van der Waals surface area (Å²) in [5, 5.41) is 0.198. The summed E-state index contributed by atoms with van der Waals surface area (Å²) in [6.07, 6.45) is 4.58. The van der Waals surface area contributed by atoms with Crippen molar-refractivity contribution in [3.63, 3.8) is 0 Å².